The van der Waals surface area contributed by atoms with Crippen LogP contribution >= 0.6 is 0 Å². The summed E-state index contributed by atoms with van der Waals surface area (Å²) in [5, 5.41) is 0.738. The number of aromatic nitrogens is 4. The zero-order valence-corrected chi connectivity index (χ0v) is 21.5. The van der Waals surface area contributed by atoms with E-state index in [2.05, 4.69) is 24.3 Å². The van der Waals surface area contributed by atoms with Crippen molar-refractivity contribution in [2.45, 2.75) is 47.1 Å². The molecule has 0 saturated carbocycles. The number of fused-ring (bicyclic) bond motifs is 6. The number of hydrogen-bond acceptors (Lipinski definition) is 6. The maximum absolute atomic E-state index is 12.8. The number of ether oxygens (including phenoxy) is 3. The summed E-state index contributed by atoms with van der Waals surface area (Å²) in [6, 6.07) is 14.0. The highest BCUT2D eigenvalue weighted by Gasteiger charge is 2.24. The smallest absolute Gasteiger partial charge is 0.311 e. The Bertz CT molecular complexity index is 1650. The molecule has 3 aromatic heterocycles. The molecule has 6 rings (SSSR count). The Balaban J connectivity index is 1.57. The lowest BCUT2D eigenvalue weighted by atomic mass is 10.1. The van der Waals surface area contributed by atoms with Gasteiger partial charge in [0.25, 0.3) is 0 Å². The SMILES string of the molecule is CC(C)CC(=O)Oc1cn(Cc2ccc3c(c2)OCO3)c2nc(CC(C)C)n3c4ccccc4nc3c12. The van der Waals surface area contributed by atoms with Crippen LogP contribution in [0, 0.1) is 11.8 Å². The number of esters is 1. The van der Waals surface area contributed by atoms with Crippen molar-refractivity contribution in [3.05, 3.63) is 60.0 Å². The van der Waals surface area contributed by atoms with Crippen LogP contribution in [0.3, 0.4) is 0 Å². The molecule has 8 nitrogen and oxygen atoms in total. The van der Waals surface area contributed by atoms with Crippen LogP contribution in [0.4, 0.5) is 0 Å². The van der Waals surface area contributed by atoms with E-state index < -0.39 is 0 Å². The average Bonchev–Trinajstić information content (AvgIpc) is 3.54. The molecule has 0 unspecified atom stereocenters. The van der Waals surface area contributed by atoms with Gasteiger partial charge in [-0.25, -0.2) is 9.97 Å². The summed E-state index contributed by atoms with van der Waals surface area (Å²) in [5.41, 5.74) is 4.39. The van der Waals surface area contributed by atoms with Crippen molar-refractivity contribution in [2.24, 2.45) is 11.8 Å². The molecule has 8 heteroatoms. The molecule has 4 heterocycles. The fourth-order valence-corrected chi connectivity index (χ4v) is 4.91. The molecule has 37 heavy (non-hydrogen) atoms. The first-order chi connectivity index (χ1) is 17.9. The molecule has 0 N–H and O–H groups in total. The van der Waals surface area contributed by atoms with Gasteiger partial charge in [-0.3, -0.25) is 9.20 Å². The molecule has 0 amide bonds. The summed E-state index contributed by atoms with van der Waals surface area (Å²) < 4.78 is 21.2. The quantitative estimate of drug-likeness (QED) is 0.265. The van der Waals surface area contributed by atoms with E-state index in [1.807, 2.05) is 61.0 Å². The Kier molecular flexibility index (Phi) is 5.74. The second-order valence-corrected chi connectivity index (χ2v) is 10.5. The predicted octanol–water partition coefficient (Wildman–Crippen LogP) is 5.76. The highest BCUT2D eigenvalue weighted by atomic mass is 16.7. The van der Waals surface area contributed by atoms with Crippen LogP contribution in [0.15, 0.2) is 48.7 Å². The first kappa shape index (κ1) is 23.3. The van der Waals surface area contributed by atoms with E-state index in [9.17, 15) is 4.79 Å². The molecule has 0 radical (unpaired) electrons. The topological polar surface area (TPSA) is 79.9 Å². The van der Waals surface area contributed by atoms with Gasteiger partial charge >= 0.3 is 5.97 Å². The predicted molar refractivity (Wildman–Crippen MR) is 141 cm³/mol. The Hall–Kier alpha value is -4.07. The highest BCUT2D eigenvalue weighted by Crippen LogP contribution is 2.36. The number of para-hydroxylation sites is 2. The third-order valence-corrected chi connectivity index (χ3v) is 6.47. The van der Waals surface area contributed by atoms with E-state index in [-0.39, 0.29) is 18.7 Å². The largest absolute Gasteiger partial charge is 0.454 e. The number of rotatable bonds is 7. The van der Waals surface area contributed by atoms with E-state index in [0.29, 0.717) is 24.6 Å². The van der Waals surface area contributed by atoms with E-state index in [1.165, 1.54) is 0 Å². The molecule has 0 spiro atoms. The van der Waals surface area contributed by atoms with Gasteiger partial charge in [0.2, 0.25) is 6.79 Å². The van der Waals surface area contributed by atoms with E-state index in [0.717, 1.165) is 57.0 Å². The van der Waals surface area contributed by atoms with Crippen molar-refractivity contribution >= 4 is 33.7 Å². The van der Waals surface area contributed by atoms with Crippen LogP contribution in [0.5, 0.6) is 17.2 Å². The lowest BCUT2D eigenvalue weighted by molar-refractivity contribution is -0.135. The molecule has 190 valence electrons. The number of carbonyl (C=O) groups is 1. The van der Waals surface area contributed by atoms with Crippen LogP contribution in [-0.2, 0) is 17.8 Å². The molecule has 5 aromatic rings. The van der Waals surface area contributed by atoms with Crippen molar-refractivity contribution in [2.75, 3.05) is 6.79 Å². The minimum Gasteiger partial charge on any atom is -0.454 e. The fourth-order valence-electron chi connectivity index (χ4n) is 4.91. The molecule has 0 fully saturated rings. The molecule has 1 aliphatic heterocycles. The Labute approximate surface area is 214 Å². The normalized spacial score (nSPS) is 13.0. The maximum atomic E-state index is 12.8. The number of imidazole rings is 1. The van der Waals surface area contributed by atoms with Gasteiger partial charge in [-0.1, -0.05) is 45.9 Å². The molecular formula is C29H30N4O4. The lowest BCUT2D eigenvalue weighted by Gasteiger charge is -2.11. The van der Waals surface area contributed by atoms with Crippen LogP contribution < -0.4 is 14.2 Å². The van der Waals surface area contributed by atoms with E-state index >= 15 is 0 Å². The Morgan fingerprint density at radius 1 is 1.00 bits per heavy atom. The van der Waals surface area contributed by atoms with Gasteiger partial charge in [-0.2, -0.15) is 0 Å². The number of carbonyl (C=O) groups excluding carboxylic acids is 1. The molecular weight excluding hydrogens is 468 g/mol. The number of hydrogen-bond donors (Lipinski definition) is 0. The van der Waals surface area contributed by atoms with Gasteiger partial charge in [0.15, 0.2) is 22.9 Å². The summed E-state index contributed by atoms with van der Waals surface area (Å²) in [5.74, 6) is 3.20. The van der Waals surface area contributed by atoms with Crippen molar-refractivity contribution in [1.82, 2.24) is 18.9 Å². The fraction of sp³-hybridized carbons (Fsp3) is 0.345. The standard InChI is InChI=1S/C29H30N4O4/c1-17(2)11-25-31-28-27(29-30-20-7-5-6-8-21(20)33(25)29)24(37-26(34)12-18(3)4)15-32(28)14-19-9-10-22-23(13-19)36-16-35-22/h5-10,13,15,17-18H,11-12,14,16H2,1-4H3. The molecule has 0 saturated heterocycles. The van der Waals surface area contributed by atoms with Gasteiger partial charge in [0.05, 0.1) is 11.0 Å². The second kappa shape index (κ2) is 9.10. The third kappa shape index (κ3) is 4.26. The van der Waals surface area contributed by atoms with Gasteiger partial charge < -0.3 is 18.8 Å². The average molecular weight is 499 g/mol. The maximum Gasteiger partial charge on any atom is 0.311 e. The molecule has 0 bridgehead atoms. The summed E-state index contributed by atoms with van der Waals surface area (Å²) >= 11 is 0. The van der Waals surface area contributed by atoms with Crippen molar-refractivity contribution in [1.29, 1.82) is 0 Å². The minimum atomic E-state index is -0.266. The first-order valence-corrected chi connectivity index (χ1v) is 12.8. The summed E-state index contributed by atoms with van der Waals surface area (Å²) in [6.07, 6.45) is 2.99. The molecule has 0 aliphatic carbocycles. The summed E-state index contributed by atoms with van der Waals surface area (Å²) in [4.78, 5) is 22.9. The van der Waals surface area contributed by atoms with Gasteiger partial charge in [0, 0.05) is 25.6 Å². The summed E-state index contributed by atoms with van der Waals surface area (Å²) in [6.45, 7) is 9.13. The molecule has 2 aromatic carbocycles. The zero-order valence-electron chi connectivity index (χ0n) is 21.5. The molecule has 0 atom stereocenters. The van der Waals surface area contributed by atoms with Gasteiger partial charge in [-0.15, -0.1) is 0 Å². The Morgan fingerprint density at radius 2 is 1.81 bits per heavy atom. The van der Waals surface area contributed by atoms with Crippen molar-refractivity contribution < 1.29 is 19.0 Å². The van der Waals surface area contributed by atoms with Crippen molar-refractivity contribution in [3.63, 3.8) is 0 Å². The van der Waals surface area contributed by atoms with Crippen LogP contribution in [-0.4, -0.2) is 31.7 Å². The van der Waals surface area contributed by atoms with E-state index in [1.54, 1.807) is 0 Å². The van der Waals surface area contributed by atoms with Gasteiger partial charge in [-0.05, 0) is 41.7 Å². The van der Waals surface area contributed by atoms with Crippen LogP contribution in [0.1, 0.15) is 45.5 Å². The zero-order chi connectivity index (χ0) is 25.7. The monoisotopic (exact) mass is 498 g/mol. The first-order valence-electron chi connectivity index (χ1n) is 12.8. The summed E-state index contributed by atoms with van der Waals surface area (Å²) in [7, 11) is 0. The molecule has 1 aliphatic rings. The number of nitrogens with zero attached hydrogens (tertiary/aromatic N) is 4. The highest BCUT2D eigenvalue weighted by molar-refractivity contribution is 6.01. The van der Waals surface area contributed by atoms with E-state index in [4.69, 9.17) is 24.2 Å². The third-order valence-electron chi connectivity index (χ3n) is 6.47. The van der Waals surface area contributed by atoms with Crippen LogP contribution in [0.2, 0.25) is 0 Å². The van der Waals surface area contributed by atoms with Crippen LogP contribution in [0.25, 0.3) is 27.7 Å². The lowest BCUT2D eigenvalue weighted by Crippen LogP contribution is -2.11. The van der Waals surface area contributed by atoms with Crippen molar-refractivity contribution in [3.8, 4) is 17.2 Å². The second-order valence-electron chi connectivity index (χ2n) is 10.5. The minimum absolute atomic E-state index is 0.194. The number of benzene rings is 2. The van der Waals surface area contributed by atoms with Gasteiger partial charge in [0.1, 0.15) is 16.9 Å². The Morgan fingerprint density at radius 3 is 2.62 bits per heavy atom.